The van der Waals surface area contributed by atoms with Crippen LogP contribution in [0.5, 0.6) is 0 Å². The van der Waals surface area contributed by atoms with E-state index >= 15 is 0 Å². The maximum absolute atomic E-state index is 11.8. The summed E-state index contributed by atoms with van der Waals surface area (Å²) in [5.41, 5.74) is 8.66. The Labute approximate surface area is 132 Å². The first-order chi connectivity index (χ1) is 10.1. The van der Waals surface area contributed by atoms with Crippen molar-refractivity contribution in [1.29, 1.82) is 0 Å². The second kappa shape index (κ2) is 5.90. The molecule has 1 saturated carbocycles. The van der Waals surface area contributed by atoms with Gasteiger partial charge in [0.05, 0.1) is 0 Å². The van der Waals surface area contributed by atoms with Crippen LogP contribution >= 0.6 is 15.9 Å². The second-order valence-electron chi connectivity index (χ2n) is 5.43. The molecule has 0 aliphatic heterocycles. The van der Waals surface area contributed by atoms with Gasteiger partial charge in [0.2, 0.25) is 5.91 Å². The van der Waals surface area contributed by atoms with E-state index in [1.807, 2.05) is 36.4 Å². The Hall–Kier alpha value is -1.81. The van der Waals surface area contributed by atoms with Crippen molar-refractivity contribution in [3.8, 4) is 0 Å². The Bertz CT molecular complexity index is 650. The van der Waals surface area contributed by atoms with Crippen molar-refractivity contribution >= 4 is 27.5 Å². The van der Waals surface area contributed by atoms with Gasteiger partial charge >= 0.3 is 0 Å². The van der Waals surface area contributed by atoms with Gasteiger partial charge in [0, 0.05) is 10.2 Å². The zero-order valence-electron chi connectivity index (χ0n) is 11.6. The van der Waals surface area contributed by atoms with Crippen LogP contribution in [0.3, 0.4) is 0 Å². The third kappa shape index (κ3) is 3.45. The quantitative estimate of drug-likeness (QED) is 0.862. The Kier molecular flexibility index (Phi) is 3.97. The number of primary amides is 1. The average Bonchev–Trinajstić information content (AvgIpc) is 3.29. The maximum Gasteiger partial charge on any atom is 0.244 e. The van der Waals surface area contributed by atoms with Gasteiger partial charge in [-0.05, 0) is 48.1 Å². The molecule has 1 aliphatic rings. The normalized spacial score (nSPS) is 15.5. The number of hydrogen-bond acceptors (Lipinski definition) is 2. The summed E-state index contributed by atoms with van der Waals surface area (Å²) < 4.78 is 0.958. The Morgan fingerprint density at radius 2 is 1.90 bits per heavy atom. The van der Waals surface area contributed by atoms with Gasteiger partial charge < -0.3 is 11.1 Å². The molecule has 0 aromatic heterocycles. The third-order valence-corrected chi connectivity index (χ3v) is 4.23. The Morgan fingerprint density at radius 3 is 2.48 bits per heavy atom. The van der Waals surface area contributed by atoms with Crippen LogP contribution in [-0.4, -0.2) is 5.91 Å². The fraction of sp³-hybridized carbons (Fsp3) is 0.235. The van der Waals surface area contributed by atoms with Crippen LogP contribution in [-0.2, 0) is 4.79 Å². The van der Waals surface area contributed by atoms with Gasteiger partial charge in [-0.2, -0.15) is 0 Å². The molecule has 108 valence electrons. The smallest absolute Gasteiger partial charge is 0.244 e. The topological polar surface area (TPSA) is 55.1 Å². The van der Waals surface area contributed by atoms with Gasteiger partial charge in [-0.15, -0.1) is 0 Å². The molecule has 3 N–H and O–H groups in total. The van der Waals surface area contributed by atoms with Crippen LogP contribution in [0.25, 0.3) is 0 Å². The van der Waals surface area contributed by atoms with Crippen LogP contribution in [0.15, 0.2) is 53.0 Å². The molecule has 3 rings (SSSR count). The van der Waals surface area contributed by atoms with Gasteiger partial charge in [0.25, 0.3) is 0 Å². The average molecular weight is 345 g/mol. The van der Waals surface area contributed by atoms with Crippen molar-refractivity contribution in [1.82, 2.24) is 0 Å². The summed E-state index contributed by atoms with van der Waals surface area (Å²) in [6.07, 6.45) is 2.55. The highest BCUT2D eigenvalue weighted by Crippen LogP contribution is 2.40. The Balaban J connectivity index is 1.81. The predicted octanol–water partition coefficient (Wildman–Crippen LogP) is 3.97. The number of benzene rings is 2. The van der Waals surface area contributed by atoms with Crippen LogP contribution < -0.4 is 11.1 Å². The molecule has 2 aromatic rings. The van der Waals surface area contributed by atoms with Gasteiger partial charge in [0.15, 0.2) is 0 Å². The lowest BCUT2D eigenvalue weighted by Crippen LogP contribution is -2.27. The molecule has 1 unspecified atom stereocenters. The molecule has 0 bridgehead atoms. The fourth-order valence-corrected chi connectivity index (χ4v) is 2.84. The highest BCUT2D eigenvalue weighted by atomic mass is 79.9. The molecular weight excluding hydrogens is 328 g/mol. The maximum atomic E-state index is 11.8. The summed E-state index contributed by atoms with van der Waals surface area (Å²) in [6, 6.07) is 15.4. The van der Waals surface area contributed by atoms with E-state index in [1.165, 1.54) is 18.4 Å². The first kappa shape index (κ1) is 14.1. The van der Waals surface area contributed by atoms with E-state index in [1.54, 1.807) is 0 Å². The zero-order valence-corrected chi connectivity index (χ0v) is 13.1. The summed E-state index contributed by atoms with van der Waals surface area (Å²) in [7, 11) is 0. The van der Waals surface area contributed by atoms with Crippen molar-refractivity contribution in [2.75, 3.05) is 5.32 Å². The summed E-state index contributed by atoms with van der Waals surface area (Å²) in [5.74, 6) is 0.332. The van der Waals surface area contributed by atoms with Crippen molar-refractivity contribution in [3.05, 3.63) is 64.1 Å². The highest BCUT2D eigenvalue weighted by molar-refractivity contribution is 9.10. The number of nitrogens with two attached hydrogens (primary N) is 1. The molecule has 0 saturated heterocycles. The van der Waals surface area contributed by atoms with E-state index < -0.39 is 6.04 Å². The number of nitrogens with one attached hydrogen (secondary N) is 1. The lowest BCUT2D eigenvalue weighted by molar-refractivity contribution is -0.118. The number of carbonyl (C=O) groups is 1. The number of rotatable bonds is 5. The zero-order chi connectivity index (χ0) is 14.8. The summed E-state index contributed by atoms with van der Waals surface area (Å²) >= 11 is 3.42. The van der Waals surface area contributed by atoms with E-state index in [0.717, 1.165) is 15.7 Å². The van der Waals surface area contributed by atoms with Crippen molar-refractivity contribution in [3.63, 3.8) is 0 Å². The molecule has 0 radical (unpaired) electrons. The molecule has 4 heteroatoms. The third-order valence-electron chi connectivity index (χ3n) is 3.74. The van der Waals surface area contributed by atoms with Crippen LogP contribution in [0.4, 0.5) is 5.69 Å². The number of amides is 1. The van der Waals surface area contributed by atoms with Crippen LogP contribution in [0.2, 0.25) is 0 Å². The molecule has 1 fully saturated rings. The first-order valence-corrected chi connectivity index (χ1v) is 7.84. The molecule has 1 amide bonds. The molecule has 1 aliphatic carbocycles. The molecular formula is C17H17BrN2O. The van der Waals surface area contributed by atoms with E-state index in [4.69, 9.17) is 5.73 Å². The second-order valence-corrected chi connectivity index (χ2v) is 6.35. The molecule has 0 heterocycles. The number of anilines is 1. The lowest BCUT2D eigenvalue weighted by atomic mass is 10.0. The molecule has 3 nitrogen and oxygen atoms in total. The summed E-state index contributed by atoms with van der Waals surface area (Å²) in [4.78, 5) is 11.8. The highest BCUT2D eigenvalue weighted by Gasteiger charge is 2.24. The van der Waals surface area contributed by atoms with Crippen molar-refractivity contribution in [2.24, 2.45) is 5.73 Å². The van der Waals surface area contributed by atoms with E-state index in [0.29, 0.717) is 5.92 Å². The molecule has 0 spiro atoms. The summed E-state index contributed by atoms with van der Waals surface area (Å²) in [5, 5.41) is 3.20. The first-order valence-electron chi connectivity index (χ1n) is 7.05. The van der Waals surface area contributed by atoms with Crippen molar-refractivity contribution < 1.29 is 4.79 Å². The largest absolute Gasteiger partial charge is 0.370 e. The molecule has 2 aromatic carbocycles. The Morgan fingerprint density at radius 1 is 1.19 bits per heavy atom. The summed E-state index contributed by atoms with van der Waals surface area (Å²) in [6.45, 7) is 0. The van der Waals surface area contributed by atoms with Crippen molar-refractivity contribution in [2.45, 2.75) is 24.8 Å². The van der Waals surface area contributed by atoms with E-state index in [2.05, 4.69) is 33.4 Å². The van der Waals surface area contributed by atoms with E-state index in [9.17, 15) is 4.79 Å². The van der Waals surface area contributed by atoms with E-state index in [-0.39, 0.29) is 5.91 Å². The minimum atomic E-state index is -0.521. The lowest BCUT2D eigenvalue weighted by Gasteiger charge is -2.17. The SMILES string of the molecule is NC(=O)C(Nc1cccc(Br)c1)c1ccc(C2CC2)cc1. The minimum absolute atomic E-state index is 0.380. The number of halogens is 1. The van der Waals surface area contributed by atoms with Crippen LogP contribution in [0, 0.1) is 0 Å². The fourth-order valence-electron chi connectivity index (χ4n) is 2.44. The van der Waals surface area contributed by atoms with Gasteiger partial charge in [-0.3, -0.25) is 4.79 Å². The minimum Gasteiger partial charge on any atom is -0.370 e. The van der Waals surface area contributed by atoms with Gasteiger partial charge in [-0.1, -0.05) is 46.3 Å². The standard InChI is InChI=1S/C17H17BrN2O/c18-14-2-1-3-15(10-14)20-16(17(19)21)13-8-6-12(7-9-13)11-4-5-11/h1-3,6-11,16,20H,4-5H2,(H2,19,21). The molecule has 1 atom stereocenters. The van der Waals surface area contributed by atoms with Gasteiger partial charge in [0.1, 0.15) is 6.04 Å². The van der Waals surface area contributed by atoms with Crippen LogP contribution in [0.1, 0.15) is 35.9 Å². The monoisotopic (exact) mass is 344 g/mol. The predicted molar refractivity (Wildman–Crippen MR) is 88.1 cm³/mol. The molecule has 21 heavy (non-hydrogen) atoms. The van der Waals surface area contributed by atoms with Gasteiger partial charge in [-0.25, -0.2) is 0 Å². The number of hydrogen-bond donors (Lipinski definition) is 2. The number of carbonyl (C=O) groups excluding carboxylic acids is 1.